The van der Waals surface area contributed by atoms with Crippen molar-refractivity contribution in [2.24, 2.45) is 5.92 Å². The third-order valence-corrected chi connectivity index (χ3v) is 2.88. The molecule has 12 heavy (non-hydrogen) atoms. The molecule has 2 rings (SSSR count). The number of carbonyl (C=O) groups is 1. The molecule has 2 aliphatic rings. The van der Waals surface area contributed by atoms with Crippen molar-refractivity contribution in [2.45, 2.75) is 44.3 Å². The highest BCUT2D eigenvalue weighted by Gasteiger charge is 2.40. The van der Waals surface area contributed by atoms with Crippen molar-refractivity contribution in [3.8, 4) is 0 Å². The van der Waals surface area contributed by atoms with E-state index in [0.717, 1.165) is 32.1 Å². The molecule has 68 valence electrons. The van der Waals surface area contributed by atoms with Crippen molar-refractivity contribution in [1.82, 2.24) is 0 Å². The van der Waals surface area contributed by atoms with Crippen LogP contribution in [0.1, 0.15) is 32.1 Å². The van der Waals surface area contributed by atoms with E-state index in [-0.39, 0.29) is 5.92 Å². The summed E-state index contributed by atoms with van der Waals surface area (Å²) in [6.45, 7) is 0. The van der Waals surface area contributed by atoms with Gasteiger partial charge >= 0.3 is 5.97 Å². The predicted octanol–water partition coefficient (Wildman–Crippen LogP) is 1.42. The van der Waals surface area contributed by atoms with Crippen molar-refractivity contribution in [3.63, 3.8) is 0 Å². The smallest absolute Gasteiger partial charge is 0.306 e. The molecule has 0 aromatic rings. The van der Waals surface area contributed by atoms with Crippen LogP contribution in [0.15, 0.2) is 0 Å². The Balaban J connectivity index is 1.87. The van der Waals surface area contributed by atoms with Crippen molar-refractivity contribution >= 4 is 5.97 Å². The first-order valence-corrected chi connectivity index (χ1v) is 4.65. The Morgan fingerprint density at radius 1 is 1.17 bits per heavy atom. The molecule has 0 bridgehead atoms. The molecule has 0 spiro atoms. The summed E-state index contributed by atoms with van der Waals surface area (Å²) in [4.78, 5) is 10.7. The molecule has 0 aromatic carbocycles. The minimum Gasteiger partial charge on any atom is -0.481 e. The molecule has 1 N–H and O–H groups in total. The third kappa shape index (κ3) is 1.61. The monoisotopic (exact) mass is 170 g/mol. The van der Waals surface area contributed by atoms with Gasteiger partial charge in [0.05, 0.1) is 18.1 Å². The average Bonchev–Trinajstić information content (AvgIpc) is 2.66. The van der Waals surface area contributed by atoms with Crippen LogP contribution in [-0.2, 0) is 9.53 Å². The maximum atomic E-state index is 10.7. The minimum absolute atomic E-state index is 0.116. The summed E-state index contributed by atoms with van der Waals surface area (Å²) in [5, 5.41) is 8.81. The molecule has 3 unspecified atom stereocenters. The first-order chi connectivity index (χ1) is 5.77. The molecule has 0 aromatic heterocycles. The highest BCUT2D eigenvalue weighted by atomic mass is 16.6. The van der Waals surface area contributed by atoms with Gasteiger partial charge in [0.1, 0.15) is 0 Å². The van der Waals surface area contributed by atoms with Crippen molar-refractivity contribution in [3.05, 3.63) is 0 Å². The second kappa shape index (κ2) is 3.05. The number of epoxide rings is 1. The van der Waals surface area contributed by atoms with Gasteiger partial charge in [-0.1, -0.05) is 0 Å². The van der Waals surface area contributed by atoms with Gasteiger partial charge in [0.15, 0.2) is 0 Å². The Hall–Kier alpha value is -0.570. The van der Waals surface area contributed by atoms with E-state index in [1.54, 1.807) is 0 Å². The van der Waals surface area contributed by atoms with Crippen LogP contribution in [0.4, 0.5) is 0 Å². The molecule has 0 radical (unpaired) electrons. The van der Waals surface area contributed by atoms with Crippen LogP contribution in [0, 0.1) is 5.92 Å². The number of aliphatic carboxylic acids is 1. The van der Waals surface area contributed by atoms with Crippen LogP contribution < -0.4 is 0 Å². The number of ether oxygens (including phenoxy) is 1. The number of fused-ring (bicyclic) bond motifs is 1. The molecule has 2 fully saturated rings. The highest BCUT2D eigenvalue weighted by molar-refractivity contribution is 5.69. The fourth-order valence-electron chi connectivity index (χ4n) is 2.01. The maximum Gasteiger partial charge on any atom is 0.306 e. The van der Waals surface area contributed by atoms with Crippen LogP contribution >= 0.6 is 0 Å². The van der Waals surface area contributed by atoms with Gasteiger partial charge < -0.3 is 9.84 Å². The van der Waals surface area contributed by atoms with Crippen LogP contribution in [0.25, 0.3) is 0 Å². The topological polar surface area (TPSA) is 49.8 Å². The van der Waals surface area contributed by atoms with Crippen molar-refractivity contribution < 1.29 is 14.6 Å². The summed E-state index contributed by atoms with van der Waals surface area (Å²) in [6.07, 6.45) is 5.53. The molecule has 1 saturated heterocycles. The van der Waals surface area contributed by atoms with E-state index in [1.807, 2.05) is 0 Å². The molecule has 1 aliphatic heterocycles. The van der Waals surface area contributed by atoms with E-state index < -0.39 is 5.97 Å². The van der Waals surface area contributed by atoms with Gasteiger partial charge in [-0.3, -0.25) is 4.79 Å². The van der Waals surface area contributed by atoms with Gasteiger partial charge in [0.2, 0.25) is 0 Å². The number of carboxylic acid groups (broad SMARTS) is 1. The molecule has 3 heteroatoms. The van der Waals surface area contributed by atoms with Gasteiger partial charge in [-0.2, -0.15) is 0 Å². The second-order valence-corrected chi connectivity index (χ2v) is 3.76. The second-order valence-electron chi connectivity index (χ2n) is 3.76. The lowest BCUT2D eigenvalue weighted by atomic mass is 9.91. The number of carboxylic acids is 1. The number of hydrogen-bond donors (Lipinski definition) is 1. The summed E-state index contributed by atoms with van der Waals surface area (Å²) in [7, 11) is 0. The first-order valence-electron chi connectivity index (χ1n) is 4.65. The lowest BCUT2D eigenvalue weighted by Crippen LogP contribution is -2.16. The van der Waals surface area contributed by atoms with Crippen molar-refractivity contribution in [2.75, 3.05) is 0 Å². The minimum atomic E-state index is -0.630. The lowest BCUT2D eigenvalue weighted by molar-refractivity contribution is -0.142. The van der Waals surface area contributed by atoms with E-state index in [1.165, 1.54) is 0 Å². The Bertz CT molecular complexity index is 190. The summed E-state index contributed by atoms with van der Waals surface area (Å²) >= 11 is 0. The standard InChI is InChI=1S/C9H14O3/c10-9(11)6-2-1-3-7-8(12-7)5-4-6/h6-8H,1-5H2,(H,10,11). The average molecular weight is 170 g/mol. The van der Waals surface area contributed by atoms with Crippen LogP contribution in [0.2, 0.25) is 0 Å². The molecule has 1 heterocycles. The van der Waals surface area contributed by atoms with Crippen LogP contribution in [-0.4, -0.2) is 23.3 Å². The number of hydrogen-bond acceptors (Lipinski definition) is 2. The maximum absolute atomic E-state index is 10.7. The van der Waals surface area contributed by atoms with Gasteiger partial charge in [0, 0.05) is 0 Å². The van der Waals surface area contributed by atoms with E-state index in [0.29, 0.717) is 12.2 Å². The summed E-state index contributed by atoms with van der Waals surface area (Å²) < 4.78 is 5.37. The van der Waals surface area contributed by atoms with Gasteiger partial charge in [-0.15, -0.1) is 0 Å². The molecule has 3 atom stereocenters. The zero-order chi connectivity index (χ0) is 8.55. The lowest BCUT2D eigenvalue weighted by Gasteiger charge is -2.12. The zero-order valence-corrected chi connectivity index (χ0v) is 7.03. The SMILES string of the molecule is O=C(O)C1CCCC2OC2CC1. The number of rotatable bonds is 1. The summed E-state index contributed by atoms with van der Waals surface area (Å²) in [5.41, 5.74) is 0. The summed E-state index contributed by atoms with van der Waals surface area (Å²) in [5.74, 6) is -0.746. The molecule has 1 aliphatic carbocycles. The fourth-order valence-corrected chi connectivity index (χ4v) is 2.01. The zero-order valence-electron chi connectivity index (χ0n) is 7.03. The van der Waals surface area contributed by atoms with Gasteiger partial charge in [-0.25, -0.2) is 0 Å². The third-order valence-electron chi connectivity index (χ3n) is 2.88. The van der Waals surface area contributed by atoms with Crippen molar-refractivity contribution in [1.29, 1.82) is 0 Å². The normalized spacial score (nSPS) is 40.8. The van der Waals surface area contributed by atoms with E-state index in [4.69, 9.17) is 9.84 Å². The molecule has 1 saturated carbocycles. The van der Waals surface area contributed by atoms with Gasteiger partial charge in [0.25, 0.3) is 0 Å². The highest BCUT2D eigenvalue weighted by Crippen LogP contribution is 2.35. The molecule has 3 nitrogen and oxygen atoms in total. The molecular formula is C9H14O3. The van der Waals surface area contributed by atoms with Crippen LogP contribution in [0.5, 0.6) is 0 Å². The Morgan fingerprint density at radius 2 is 1.92 bits per heavy atom. The van der Waals surface area contributed by atoms with Gasteiger partial charge in [-0.05, 0) is 32.1 Å². The molecule has 0 amide bonds. The fraction of sp³-hybridized carbons (Fsp3) is 0.889. The largest absolute Gasteiger partial charge is 0.481 e. The Morgan fingerprint density at radius 3 is 2.67 bits per heavy atom. The first kappa shape index (κ1) is 8.05. The van der Waals surface area contributed by atoms with Crippen LogP contribution in [0.3, 0.4) is 0 Å². The quantitative estimate of drug-likeness (QED) is 0.605. The molecular weight excluding hydrogens is 156 g/mol. The Kier molecular flexibility index (Phi) is 2.05. The summed E-state index contributed by atoms with van der Waals surface area (Å²) in [6, 6.07) is 0. The van der Waals surface area contributed by atoms with E-state index in [2.05, 4.69) is 0 Å². The predicted molar refractivity (Wildman–Crippen MR) is 42.9 cm³/mol. The van der Waals surface area contributed by atoms with E-state index in [9.17, 15) is 4.79 Å². The van der Waals surface area contributed by atoms with E-state index >= 15 is 0 Å². The Labute approximate surface area is 71.7 Å².